The van der Waals surface area contributed by atoms with Crippen molar-refractivity contribution in [3.05, 3.63) is 70.9 Å². The fourth-order valence-electron chi connectivity index (χ4n) is 3.36. The molecule has 0 radical (unpaired) electrons. The normalized spacial score (nSPS) is 17.3. The van der Waals surface area contributed by atoms with Gasteiger partial charge in [-0.1, -0.05) is 24.3 Å². The van der Waals surface area contributed by atoms with E-state index in [2.05, 4.69) is 21.5 Å². The molecule has 0 fully saturated rings. The number of ketones is 1. The van der Waals surface area contributed by atoms with Crippen LogP contribution in [-0.2, 0) is 0 Å². The van der Waals surface area contributed by atoms with E-state index >= 15 is 0 Å². The van der Waals surface area contributed by atoms with Crippen LogP contribution in [0.15, 0.2) is 64.9 Å². The van der Waals surface area contributed by atoms with E-state index in [-0.39, 0.29) is 12.2 Å². The highest BCUT2D eigenvalue weighted by Crippen LogP contribution is 2.26. The molecule has 6 heteroatoms. The third-order valence-electron chi connectivity index (χ3n) is 4.83. The summed E-state index contributed by atoms with van der Waals surface area (Å²) < 4.78 is 5.19. The summed E-state index contributed by atoms with van der Waals surface area (Å²) in [4.78, 5) is 14.2. The zero-order chi connectivity index (χ0) is 18.8. The predicted octanol–water partition coefficient (Wildman–Crippen LogP) is 2.87. The number of hydrazone groups is 1. The van der Waals surface area contributed by atoms with Crippen molar-refractivity contribution in [1.29, 1.82) is 5.26 Å². The van der Waals surface area contributed by atoms with Crippen molar-refractivity contribution in [2.24, 2.45) is 5.10 Å². The number of nitrogens with one attached hydrogen (secondary N) is 1. The monoisotopic (exact) mass is 358 g/mol. The molecule has 0 saturated heterocycles. The Labute approximate surface area is 157 Å². The molecule has 134 valence electrons. The molecule has 0 unspecified atom stereocenters. The number of nitrogens with zero attached hydrogens (tertiary/aromatic N) is 3. The third kappa shape index (κ3) is 3.15. The number of hydrogen-bond acceptors (Lipinski definition) is 6. The largest absolute Gasteiger partial charge is 0.497 e. The van der Waals surface area contributed by atoms with Gasteiger partial charge in [0.1, 0.15) is 5.75 Å². The zero-order valence-electron chi connectivity index (χ0n) is 14.9. The van der Waals surface area contributed by atoms with E-state index < -0.39 is 0 Å². The van der Waals surface area contributed by atoms with Crippen LogP contribution in [0, 0.1) is 11.3 Å². The van der Waals surface area contributed by atoms with Crippen molar-refractivity contribution in [3.63, 3.8) is 0 Å². The van der Waals surface area contributed by atoms with Gasteiger partial charge < -0.3 is 9.64 Å². The first-order valence-corrected chi connectivity index (χ1v) is 8.66. The van der Waals surface area contributed by atoms with Crippen molar-refractivity contribution in [2.75, 3.05) is 25.1 Å². The first-order valence-electron chi connectivity index (χ1n) is 8.66. The van der Waals surface area contributed by atoms with Crippen LogP contribution in [0.2, 0.25) is 0 Å². The molecule has 6 nitrogen and oxygen atoms in total. The highest BCUT2D eigenvalue weighted by atomic mass is 16.5. The van der Waals surface area contributed by atoms with Crippen LogP contribution in [-0.4, -0.2) is 31.7 Å². The van der Waals surface area contributed by atoms with Crippen LogP contribution in [0.1, 0.15) is 22.3 Å². The van der Waals surface area contributed by atoms with Crippen molar-refractivity contribution < 1.29 is 9.53 Å². The van der Waals surface area contributed by atoms with Gasteiger partial charge in [0, 0.05) is 16.8 Å². The number of Topliss-reactive ketones (excluding diaryl/α,β-unsaturated/α-hetero) is 1. The molecule has 1 aliphatic carbocycles. The summed E-state index contributed by atoms with van der Waals surface area (Å²) in [5.41, 5.74) is 7.73. The Hall–Kier alpha value is -3.59. The maximum Gasteiger partial charge on any atom is 0.169 e. The highest BCUT2D eigenvalue weighted by molar-refractivity contribution is 6.26. The molecule has 1 heterocycles. The van der Waals surface area contributed by atoms with Gasteiger partial charge in [0.05, 0.1) is 49.7 Å². The summed E-state index contributed by atoms with van der Waals surface area (Å²) in [5, 5.41) is 13.9. The molecule has 2 aliphatic rings. The Balaban J connectivity index is 1.52. The van der Waals surface area contributed by atoms with Crippen molar-refractivity contribution in [2.45, 2.75) is 6.42 Å². The molecule has 1 N–H and O–H groups in total. The maximum absolute atomic E-state index is 12.1. The van der Waals surface area contributed by atoms with Gasteiger partial charge in [0.2, 0.25) is 0 Å². The van der Waals surface area contributed by atoms with Crippen molar-refractivity contribution >= 4 is 17.2 Å². The first-order chi connectivity index (χ1) is 13.2. The average molecular weight is 358 g/mol. The molecule has 0 amide bonds. The van der Waals surface area contributed by atoms with Gasteiger partial charge in [-0.05, 0) is 24.3 Å². The molecule has 1 aliphatic heterocycles. The second kappa shape index (κ2) is 6.96. The lowest BCUT2D eigenvalue weighted by Gasteiger charge is -2.18. The smallest absolute Gasteiger partial charge is 0.169 e. The summed E-state index contributed by atoms with van der Waals surface area (Å²) >= 11 is 0. The number of carbonyl (C=O) groups excluding carboxylic acids is 1. The lowest BCUT2D eigenvalue weighted by Crippen LogP contribution is -2.22. The summed E-state index contributed by atoms with van der Waals surface area (Å²) in [6.45, 7) is 1.08. The SMILES string of the molecule is COc1ccc(N2CC(C#N)=C(NN=C3CC(=O)c4ccccc43)C2)cc1. The number of nitriles is 1. The molecule has 0 saturated carbocycles. The van der Waals surface area contributed by atoms with E-state index in [1.54, 1.807) is 7.11 Å². The molecule has 4 rings (SSSR count). The van der Waals surface area contributed by atoms with E-state index in [1.807, 2.05) is 48.5 Å². The maximum atomic E-state index is 12.1. The quantitative estimate of drug-likeness (QED) is 0.851. The molecule has 2 aromatic rings. The van der Waals surface area contributed by atoms with Crippen molar-refractivity contribution in [3.8, 4) is 11.8 Å². The van der Waals surface area contributed by atoms with E-state index in [1.165, 1.54) is 0 Å². The van der Waals surface area contributed by atoms with Gasteiger partial charge >= 0.3 is 0 Å². The minimum atomic E-state index is 0.0758. The third-order valence-corrected chi connectivity index (χ3v) is 4.83. The van der Waals surface area contributed by atoms with Gasteiger partial charge in [-0.25, -0.2) is 0 Å². The van der Waals surface area contributed by atoms with E-state index in [4.69, 9.17) is 4.74 Å². The summed E-state index contributed by atoms with van der Waals surface area (Å²) in [6.07, 6.45) is 0.281. The Kier molecular flexibility index (Phi) is 4.35. The van der Waals surface area contributed by atoms with Crippen LogP contribution >= 0.6 is 0 Å². The number of hydrogen-bond donors (Lipinski definition) is 1. The van der Waals surface area contributed by atoms with Gasteiger partial charge in [0.15, 0.2) is 5.78 Å². The minimum absolute atomic E-state index is 0.0758. The predicted molar refractivity (Wildman–Crippen MR) is 103 cm³/mol. The Morgan fingerprint density at radius 1 is 1.11 bits per heavy atom. The number of benzene rings is 2. The zero-order valence-corrected chi connectivity index (χ0v) is 14.9. The second-order valence-electron chi connectivity index (χ2n) is 6.44. The summed E-state index contributed by atoms with van der Waals surface area (Å²) in [6, 6.07) is 17.5. The topological polar surface area (TPSA) is 77.7 Å². The minimum Gasteiger partial charge on any atom is -0.497 e. The molecule has 27 heavy (non-hydrogen) atoms. The van der Waals surface area contributed by atoms with Crippen LogP contribution in [0.25, 0.3) is 0 Å². The average Bonchev–Trinajstić information content (AvgIpc) is 3.27. The Morgan fingerprint density at radius 3 is 2.56 bits per heavy atom. The van der Waals surface area contributed by atoms with Gasteiger partial charge in [-0.3, -0.25) is 10.2 Å². The van der Waals surface area contributed by atoms with Crippen LogP contribution in [0.5, 0.6) is 5.75 Å². The molecule has 0 aromatic heterocycles. The molecule has 0 bridgehead atoms. The summed E-state index contributed by atoms with van der Waals surface area (Å²) in [5.74, 6) is 0.868. The summed E-state index contributed by atoms with van der Waals surface area (Å²) in [7, 11) is 1.63. The lowest BCUT2D eigenvalue weighted by atomic mass is 10.1. The number of anilines is 1. The molecule has 0 atom stereocenters. The van der Waals surface area contributed by atoms with Crippen LogP contribution < -0.4 is 15.1 Å². The molecule has 0 spiro atoms. The fourth-order valence-corrected chi connectivity index (χ4v) is 3.36. The second-order valence-corrected chi connectivity index (χ2v) is 6.44. The number of fused-ring (bicyclic) bond motifs is 1. The Morgan fingerprint density at radius 2 is 1.85 bits per heavy atom. The number of carbonyl (C=O) groups is 1. The van der Waals surface area contributed by atoms with E-state index in [9.17, 15) is 10.1 Å². The Bertz CT molecular complexity index is 1000. The molecule has 2 aromatic carbocycles. The van der Waals surface area contributed by atoms with Crippen LogP contribution in [0.3, 0.4) is 0 Å². The van der Waals surface area contributed by atoms with E-state index in [0.717, 1.165) is 22.7 Å². The first kappa shape index (κ1) is 16.9. The van der Waals surface area contributed by atoms with E-state index in [0.29, 0.717) is 29.9 Å². The van der Waals surface area contributed by atoms with Gasteiger partial charge in [-0.2, -0.15) is 10.4 Å². The highest BCUT2D eigenvalue weighted by Gasteiger charge is 2.26. The van der Waals surface area contributed by atoms with Crippen molar-refractivity contribution in [1.82, 2.24) is 5.43 Å². The number of methoxy groups -OCH3 is 1. The lowest BCUT2D eigenvalue weighted by molar-refractivity contribution is 0.101. The number of rotatable bonds is 4. The van der Waals surface area contributed by atoms with Crippen LogP contribution in [0.4, 0.5) is 5.69 Å². The van der Waals surface area contributed by atoms with Gasteiger partial charge in [0.25, 0.3) is 0 Å². The number of ether oxygens (including phenoxy) is 1. The molecular weight excluding hydrogens is 340 g/mol. The standard InChI is InChI=1S/C21H18N4O2/c1-27-16-8-6-15(7-9-16)25-12-14(11-22)20(13-25)24-23-19-10-21(26)18-5-3-2-4-17(18)19/h2-9,24H,10,12-13H2,1H3. The fraction of sp³-hybridized carbons (Fsp3) is 0.190. The van der Waals surface area contributed by atoms with Gasteiger partial charge in [-0.15, -0.1) is 0 Å². The molecular formula is C21H18N4O2.